The number of hydrogen-bond acceptors (Lipinski definition) is 11. The quantitative estimate of drug-likeness (QED) is 0.0228. The molecule has 1 rings (SSSR count). The minimum absolute atomic E-state index is 0.0480. The van der Waals surface area contributed by atoms with Crippen molar-refractivity contribution in [3.63, 3.8) is 0 Å². The zero-order chi connectivity index (χ0) is 58.9. The van der Waals surface area contributed by atoms with Crippen LogP contribution >= 0.6 is 0 Å². The number of esters is 3. The zero-order valence-corrected chi connectivity index (χ0v) is 51.5. The normalized spacial score (nSPS) is 18.2. The highest BCUT2D eigenvalue weighted by Gasteiger charge is 2.50. The molecule has 0 saturated carbocycles. The van der Waals surface area contributed by atoms with Crippen LogP contribution < -0.4 is 0 Å². The van der Waals surface area contributed by atoms with E-state index in [-0.39, 0.29) is 25.9 Å². The van der Waals surface area contributed by atoms with Crippen LogP contribution in [0.1, 0.15) is 290 Å². The number of aliphatic carboxylic acids is 1. The topological polar surface area (TPSA) is 175 Å². The lowest BCUT2D eigenvalue weighted by Crippen LogP contribution is -2.61. The number of ether oxygens (including phenoxy) is 5. The summed E-state index contributed by atoms with van der Waals surface area (Å²) in [5.41, 5.74) is 0. The van der Waals surface area contributed by atoms with Gasteiger partial charge in [0.15, 0.2) is 24.6 Å². The van der Waals surface area contributed by atoms with E-state index in [0.29, 0.717) is 19.3 Å². The number of unbranched alkanes of at least 4 members (excludes halogenated alkanes) is 30. The van der Waals surface area contributed by atoms with Crippen molar-refractivity contribution >= 4 is 23.9 Å². The molecule has 0 aliphatic carbocycles. The molecule has 6 atom stereocenters. The summed E-state index contributed by atoms with van der Waals surface area (Å²) >= 11 is 0. The van der Waals surface area contributed by atoms with E-state index in [2.05, 4.69) is 93.7 Å². The maximum absolute atomic E-state index is 13.2. The van der Waals surface area contributed by atoms with E-state index in [1.807, 2.05) is 0 Å². The van der Waals surface area contributed by atoms with Gasteiger partial charge in [0.05, 0.1) is 6.61 Å². The number of carbonyl (C=O) groups excluding carboxylic acids is 3. The molecular formula is C69H118O12. The van der Waals surface area contributed by atoms with Crippen LogP contribution in [0.4, 0.5) is 0 Å². The van der Waals surface area contributed by atoms with Gasteiger partial charge in [-0.2, -0.15) is 0 Å². The minimum Gasteiger partial charge on any atom is -0.479 e. The van der Waals surface area contributed by atoms with Crippen molar-refractivity contribution in [2.75, 3.05) is 13.2 Å². The van der Waals surface area contributed by atoms with Crippen molar-refractivity contribution in [3.8, 4) is 0 Å². The third-order valence-corrected chi connectivity index (χ3v) is 14.7. The Morgan fingerprint density at radius 2 is 0.778 bits per heavy atom. The number of carbonyl (C=O) groups is 4. The maximum Gasteiger partial charge on any atom is 0.335 e. The number of carboxylic acid groups (broad SMARTS) is 1. The van der Waals surface area contributed by atoms with E-state index >= 15 is 0 Å². The summed E-state index contributed by atoms with van der Waals surface area (Å²) in [5.74, 6) is -3.14. The number of hydrogen-bond donors (Lipinski definition) is 3. The van der Waals surface area contributed by atoms with Crippen LogP contribution in [0.5, 0.6) is 0 Å². The third-order valence-electron chi connectivity index (χ3n) is 14.7. The number of carboxylic acids is 1. The molecule has 12 heteroatoms. The van der Waals surface area contributed by atoms with Crippen molar-refractivity contribution in [1.29, 1.82) is 0 Å². The lowest BCUT2D eigenvalue weighted by molar-refractivity contribution is -0.301. The van der Waals surface area contributed by atoms with E-state index < -0.39 is 67.3 Å². The molecule has 466 valence electrons. The van der Waals surface area contributed by atoms with Crippen LogP contribution in [0.25, 0.3) is 0 Å². The summed E-state index contributed by atoms with van der Waals surface area (Å²) in [4.78, 5) is 51.3. The van der Waals surface area contributed by atoms with Crippen LogP contribution in [0, 0.1) is 0 Å². The Balaban J connectivity index is 2.67. The van der Waals surface area contributed by atoms with Crippen molar-refractivity contribution in [3.05, 3.63) is 72.9 Å². The molecule has 0 bridgehead atoms. The first-order valence-corrected chi connectivity index (χ1v) is 32.9. The minimum atomic E-state index is -1.91. The Morgan fingerprint density at radius 1 is 0.420 bits per heavy atom. The summed E-state index contributed by atoms with van der Waals surface area (Å²) < 4.78 is 28.5. The number of allylic oxidation sites excluding steroid dienone is 12. The fourth-order valence-corrected chi connectivity index (χ4v) is 9.70. The highest BCUT2D eigenvalue weighted by molar-refractivity contribution is 5.74. The first-order valence-electron chi connectivity index (χ1n) is 32.9. The molecule has 0 aromatic rings. The van der Waals surface area contributed by atoms with Crippen LogP contribution in [-0.2, 0) is 42.9 Å². The molecular weight excluding hydrogens is 1020 g/mol. The molecule has 6 unspecified atom stereocenters. The van der Waals surface area contributed by atoms with E-state index in [1.165, 1.54) is 96.3 Å². The van der Waals surface area contributed by atoms with Gasteiger partial charge in [-0.05, 0) is 109 Å². The smallest absolute Gasteiger partial charge is 0.335 e. The van der Waals surface area contributed by atoms with Crippen LogP contribution in [-0.4, -0.2) is 89.2 Å². The van der Waals surface area contributed by atoms with Gasteiger partial charge in [-0.1, -0.05) is 235 Å². The van der Waals surface area contributed by atoms with Gasteiger partial charge < -0.3 is 39.0 Å². The molecule has 0 aromatic carbocycles. The second kappa shape index (κ2) is 56.6. The second-order valence-electron chi connectivity index (χ2n) is 22.4. The van der Waals surface area contributed by atoms with Gasteiger partial charge in [0.1, 0.15) is 18.8 Å². The SMILES string of the molecule is CC/C=C\C/C=C\C/C=C\C/C=C\CCCCCCCCC(=O)OCC(COC1OC(C(=O)O)C(O)C(O)C1OC(=O)CCCCCCC/C=C\CCCCCCCC)OC(=O)CCCCCCCCC/C=C\CCCCCCCC. The zero-order valence-electron chi connectivity index (χ0n) is 51.5. The number of aliphatic hydroxyl groups excluding tert-OH is 2. The molecule has 12 nitrogen and oxygen atoms in total. The van der Waals surface area contributed by atoms with E-state index in [0.717, 1.165) is 135 Å². The predicted molar refractivity (Wildman–Crippen MR) is 331 cm³/mol. The van der Waals surface area contributed by atoms with Crippen molar-refractivity contribution < 1.29 is 58.2 Å². The largest absolute Gasteiger partial charge is 0.479 e. The van der Waals surface area contributed by atoms with Crippen molar-refractivity contribution in [2.24, 2.45) is 0 Å². The van der Waals surface area contributed by atoms with E-state index in [4.69, 9.17) is 23.7 Å². The maximum atomic E-state index is 13.2. The second-order valence-corrected chi connectivity index (χ2v) is 22.4. The molecule has 0 spiro atoms. The Kier molecular flexibility index (Phi) is 52.6. The number of aliphatic hydroxyl groups is 2. The molecule has 1 aliphatic heterocycles. The molecule has 0 amide bonds. The molecule has 1 heterocycles. The van der Waals surface area contributed by atoms with Gasteiger partial charge in [-0.25, -0.2) is 4.79 Å². The molecule has 0 radical (unpaired) electrons. The molecule has 0 aromatic heterocycles. The summed E-state index contributed by atoms with van der Waals surface area (Å²) in [5, 5.41) is 31.6. The van der Waals surface area contributed by atoms with Gasteiger partial charge in [0.2, 0.25) is 0 Å². The lowest BCUT2D eigenvalue weighted by Gasteiger charge is -2.40. The lowest BCUT2D eigenvalue weighted by atomic mass is 9.98. The fraction of sp³-hybridized carbons (Fsp3) is 0.768. The Morgan fingerprint density at radius 3 is 1.20 bits per heavy atom. The fourth-order valence-electron chi connectivity index (χ4n) is 9.70. The predicted octanol–water partition coefficient (Wildman–Crippen LogP) is 17.7. The van der Waals surface area contributed by atoms with Gasteiger partial charge in [-0.15, -0.1) is 0 Å². The third kappa shape index (κ3) is 46.3. The summed E-state index contributed by atoms with van der Waals surface area (Å²) in [6, 6.07) is 0. The van der Waals surface area contributed by atoms with E-state index in [9.17, 15) is 34.5 Å². The molecule has 1 fully saturated rings. The highest BCUT2D eigenvalue weighted by atomic mass is 16.7. The molecule has 3 N–H and O–H groups in total. The Labute approximate surface area is 493 Å². The summed E-state index contributed by atoms with van der Waals surface area (Å²) in [6.45, 7) is 5.88. The first-order chi connectivity index (χ1) is 39.6. The van der Waals surface area contributed by atoms with Crippen LogP contribution in [0.2, 0.25) is 0 Å². The highest BCUT2D eigenvalue weighted by Crippen LogP contribution is 2.27. The van der Waals surface area contributed by atoms with Gasteiger partial charge >= 0.3 is 23.9 Å². The van der Waals surface area contributed by atoms with Crippen LogP contribution in [0.15, 0.2) is 72.9 Å². The first kappa shape index (κ1) is 75.2. The Hall–Kier alpha value is -3.84. The monoisotopic (exact) mass is 1140 g/mol. The number of rotatable bonds is 56. The Bertz CT molecular complexity index is 1680. The average Bonchev–Trinajstić information content (AvgIpc) is 3.53. The standard InChI is InChI=1S/C69H118O12/c1-4-7-10-13-16-19-22-25-28-30-31-33-35-37-40-43-46-49-52-55-61(70)77-58-60(79-62(71)56-53-50-47-44-41-39-36-32-29-26-23-20-17-14-11-8-5-2)59-78-69-67(65(74)64(73)66(81-69)68(75)76)80-63(72)57-54-51-48-45-42-38-34-27-24-21-18-15-12-9-6-3/h7,10,16,19,25-29,31,33-34,60,64-67,69,73-74H,4-6,8-9,11-15,17-18,20-24,30,32,35-59H2,1-3H3,(H,75,76)/b10-7-,19-16-,28-25-,29-26-,33-31-,34-27-. The van der Waals surface area contributed by atoms with Gasteiger partial charge in [0, 0.05) is 19.3 Å². The van der Waals surface area contributed by atoms with Gasteiger partial charge in [0.25, 0.3) is 0 Å². The average molecular weight is 1140 g/mol. The van der Waals surface area contributed by atoms with Crippen molar-refractivity contribution in [1.82, 2.24) is 0 Å². The van der Waals surface area contributed by atoms with Crippen molar-refractivity contribution in [2.45, 2.75) is 327 Å². The summed E-state index contributed by atoms with van der Waals surface area (Å²) in [7, 11) is 0. The van der Waals surface area contributed by atoms with Crippen LogP contribution in [0.3, 0.4) is 0 Å². The van der Waals surface area contributed by atoms with Gasteiger partial charge in [-0.3, -0.25) is 14.4 Å². The molecule has 1 saturated heterocycles. The molecule has 81 heavy (non-hydrogen) atoms. The summed E-state index contributed by atoms with van der Waals surface area (Å²) in [6.07, 6.45) is 60.0. The molecule has 1 aliphatic rings. The van der Waals surface area contributed by atoms with E-state index in [1.54, 1.807) is 0 Å².